The van der Waals surface area contributed by atoms with Crippen LogP contribution in [0, 0.1) is 11.6 Å². The molecule has 3 aromatic carbocycles. The Hall–Kier alpha value is -3.95. The van der Waals surface area contributed by atoms with Crippen LogP contribution in [0.2, 0.25) is 0 Å². The van der Waals surface area contributed by atoms with E-state index in [0.29, 0.717) is 49.3 Å². The van der Waals surface area contributed by atoms with Crippen molar-refractivity contribution < 1.29 is 23.2 Å². The number of amides is 3. The number of fused-ring (bicyclic) bond motifs is 1. The van der Waals surface area contributed by atoms with Gasteiger partial charge < -0.3 is 4.90 Å². The lowest BCUT2D eigenvalue weighted by molar-refractivity contribution is -0.136. The summed E-state index contributed by atoms with van der Waals surface area (Å²) in [7, 11) is 0. The zero-order chi connectivity index (χ0) is 27.8. The Labute approximate surface area is 231 Å². The first-order valence-corrected chi connectivity index (χ1v) is 13.6. The monoisotopic (exact) mass is 544 g/mol. The lowest BCUT2D eigenvalue weighted by atomic mass is 9.95. The first-order valence-electron chi connectivity index (χ1n) is 13.6. The minimum Gasteiger partial charge on any atom is -0.322 e. The van der Waals surface area contributed by atoms with Gasteiger partial charge in [0.2, 0.25) is 11.8 Å². The van der Waals surface area contributed by atoms with Crippen molar-refractivity contribution in [3.8, 4) is 0 Å². The third-order valence-corrected chi connectivity index (χ3v) is 8.17. The predicted molar refractivity (Wildman–Crippen MR) is 144 cm³/mol. The van der Waals surface area contributed by atoms with E-state index in [1.807, 2.05) is 18.2 Å². The van der Waals surface area contributed by atoms with Gasteiger partial charge in [-0.1, -0.05) is 48.5 Å². The van der Waals surface area contributed by atoms with Crippen molar-refractivity contribution in [2.75, 3.05) is 26.2 Å². The molecule has 0 bridgehead atoms. The van der Waals surface area contributed by atoms with Crippen LogP contribution >= 0.6 is 0 Å². The van der Waals surface area contributed by atoms with Gasteiger partial charge in [-0.3, -0.25) is 29.5 Å². The van der Waals surface area contributed by atoms with Gasteiger partial charge in [0, 0.05) is 62.4 Å². The standard InChI is InChI=1S/C31H30F2N4O3/c32-25-7-3-1-5-23(25)29(24-6-2-4-8-26(24)33)36-15-13-35(14-16-36)18-20-9-10-22-21(17-20)19-37(31(22)40)27-11-12-28(38)34-30(27)39/h1-10,17,27,29H,11-16,18-19H2,(H,34,38,39). The smallest absolute Gasteiger partial charge is 0.255 e. The molecule has 0 aliphatic carbocycles. The molecule has 0 aromatic heterocycles. The average Bonchev–Trinajstić information content (AvgIpc) is 3.27. The molecule has 3 aliphatic heterocycles. The molecule has 9 heteroatoms. The van der Waals surface area contributed by atoms with E-state index in [2.05, 4.69) is 15.1 Å². The summed E-state index contributed by atoms with van der Waals surface area (Å²) in [5.74, 6) is -1.60. The second-order valence-corrected chi connectivity index (χ2v) is 10.6. The molecule has 3 heterocycles. The molecule has 0 spiro atoms. The fraction of sp³-hybridized carbons (Fsp3) is 0.323. The first kappa shape index (κ1) is 26.3. The number of carbonyl (C=O) groups excluding carboxylic acids is 3. The molecule has 0 radical (unpaired) electrons. The zero-order valence-electron chi connectivity index (χ0n) is 22.0. The fourth-order valence-electron chi connectivity index (χ4n) is 6.12. The van der Waals surface area contributed by atoms with Crippen molar-refractivity contribution in [1.82, 2.24) is 20.0 Å². The highest BCUT2D eigenvalue weighted by Gasteiger charge is 2.39. The molecular weight excluding hydrogens is 514 g/mol. The van der Waals surface area contributed by atoms with E-state index in [1.165, 1.54) is 12.1 Å². The highest BCUT2D eigenvalue weighted by atomic mass is 19.1. The number of hydrogen-bond donors (Lipinski definition) is 1. The van der Waals surface area contributed by atoms with Crippen LogP contribution in [0.3, 0.4) is 0 Å². The predicted octanol–water partition coefficient (Wildman–Crippen LogP) is 3.63. The molecule has 40 heavy (non-hydrogen) atoms. The van der Waals surface area contributed by atoms with Gasteiger partial charge >= 0.3 is 0 Å². The van der Waals surface area contributed by atoms with Gasteiger partial charge in [0.25, 0.3) is 5.91 Å². The van der Waals surface area contributed by atoms with Crippen molar-refractivity contribution in [2.24, 2.45) is 0 Å². The third kappa shape index (κ3) is 5.02. The highest BCUT2D eigenvalue weighted by Crippen LogP contribution is 2.33. The van der Waals surface area contributed by atoms with Crippen LogP contribution in [0.25, 0.3) is 0 Å². The van der Waals surface area contributed by atoms with Crippen molar-refractivity contribution >= 4 is 17.7 Å². The molecule has 1 N–H and O–H groups in total. The van der Waals surface area contributed by atoms with E-state index >= 15 is 0 Å². The van der Waals surface area contributed by atoms with E-state index in [4.69, 9.17) is 0 Å². The molecule has 7 nitrogen and oxygen atoms in total. The van der Waals surface area contributed by atoms with Gasteiger partial charge in [-0.15, -0.1) is 0 Å². The van der Waals surface area contributed by atoms with Gasteiger partial charge in [-0.05, 0) is 35.7 Å². The van der Waals surface area contributed by atoms with Crippen LogP contribution in [0.5, 0.6) is 0 Å². The minimum atomic E-state index is -0.633. The molecule has 6 rings (SSSR count). The van der Waals surface area contributed by atoms with Gasteiger partial charge in [-0.2, -0.15) is 0 Å². The third-order valence-electron chi connectivity index (χ3n) is 8.17. The summed E-state index contributed by atoms with van der Waals surface area (Å²) in [6.07, 6.45) is 0.560. The summed E-state index contributed by atoms with van der Waals surface area (Å²) < 4.78 is 29.7. The second-order valence-electron chi connectivity index (χ2n) is 10.6. The van der Waals surface area contributed by atoms with E-state index in [9.17, 15) is 23.2 Å². The van der Waals surface area contributed by atoms with Crippen LogP contribution in [-0.4, -0.2) is 64.6 Å². The number of carbonyl (C=O) groups is 3. The Morgan fingerprint density at radius 2 is 1.50 bits per heavy atom. The topological polar surface area (TPSA) is 73.0 Å². The summed E-state index contributed by atoms with van der Waals surface area (Å²) >= 11 is 0. The molecule has 2 saturated heterocycles. The minimum absolute atomic E-state index is 0.183. The number of nitrogens with one attached hydrogen (secondary N) is 1. The van der Waals surface area contributed by atoms with Crippen molar-refractivity contribution in [3.63, 3.8) is 0 Å². The van der Waals surface area contributed by atoms with E-state index in [1.54, 1.807) is 41.3 Å². The first-order chi connectivity index (χ1) is 19.4. The van der Waals surface area contributed by atoms with Crippen LogP contribution in [-0.2, 0) is 22.7 Å². The molecule has 0 saturated carbocycles. The summed E-state index contributed by atoms with van der Waals surface area (Å²) in [6.45, 7) is 3.74. The Balaban J connectivity index is 1.13. The number of imide groups is 1. The maximum Gasteiger partial charge on any atom is 0.255 e. The van der Waals surface area contributed by atoms with E-state index < -0.39 is 18.0 Å². The number of rotatable bonds is 6. The Morgan fingerprint density at radius 3 is 2.12 bits per heavy atom. The lowest BCUT2D eigenvalue weighted by Crippen LogP contribution is -2.52. The number of piperazine rings is 1. The van der Waals surface area contributed by atoms with Crippen LogP contribution in [0.15, 0.2) is 66.7 Å². The SMILES string of the molecule is O=C1CCC(N2Cc3cc(CN4CCN(C(c5ccccc5F)c5ccccc5F)CC4)ccc3C2=O)C(=O)N1. The second kappa shape index (κ2) is 10.9. The Bertz CT molecular complexity index is 1420. The number of hydrogen-bond acceptors (Lipinski definition) is 5. The molecule has 2 fully saturated rings. The molecule has 3 amide bonds. The van der Waals surface area contributed by atoms with E-state index in [0.717, 1.165) is 24.2 Å². The molecule has 3 aromatic rings. The summed E-state index contributed by atoms with van der Waals surface area (Å²) in [4.78, 5) is 42.8. The number of piperidine rings is 1. The molecule has 206 valence electrons. The summed E-state index contributed by atoms with van der Waals surface area (Å²) in [5.41, 5.74) is 3.46. The average molecular weight is 545 g/mol. The van der Waals surface area contributed by atoms with Crippen LogP contribution in [0.4, 0.5) is 8.78 Å². The van der Waals surface area contributed by atoms with E-state index in [-0.39, 0.29) is 29.9 Å². The van der Waals surface area contributed by atoms with Crippen LogP contribution in [0.1, 0.15) is 51.5 Å². The van der Waals surface area contributed by atoms with Gasteiger partial charge in [-0.25, -0.2) is 8.78 Å². The van der Waals surface area contributed by atoms with Crippen LogP contribution < -0.4 is 5.32 Å². The normalized spacial score (nSPS) is 20.2. The Morgan fingerprint density at radius 1 is 0.850 bits per heavy atom. The molecule has 3 aliphatic rings. The highest BCUT2D eigenvalue weighted by molar-refractivity contribution is 6.05. The molecular formula is C31H30F2N4O3. The maximum atomic E-state index is 14.9. The van der Waals surface area contributed by atoms with Crippen molar-refractivity contribution in [2.45, 2.75) is 38.0 Å². The van der Waals surface area contributed by atoms with Gasteiger partial charge in [0.15, 0.2) is 0 Å². The maximum absolute atomic E-state index is 14.9. The van der Waals surface area contributed by atoms with Gasteiger partial charge in [0.1, 0.15) is 17.7 Å². The fourth-order valence-corrected chi connectivity index (χ4v) is 6.12. The quantitative estimate of drug-likeness (QED) is 0.480. The van der Waals surface area contributed by atoms with Gasteiger partial charge in [0.05, 0.1) is 6.04 Å². The largest absolute Gasteiger partial charge is 0.322 e. The van der Waals surface area contributed by atoms with Crippen molar-refractivity contribution in [3.05, 3.63) is 106 Å². The Kier molecular flexibility index (Phi) is 7.16. The molecule has 1 unspecified atom stereocenters. The molecule has 1 atom stereocenters. The lowest BCUT2D eigenvalue weighted by Gasteiger charge is -2.40. The zero-order valence-corrected chi connectivity index (χ0v) is 22.0. The van der Waals surface area contributed by atoms with Crippen molar-refractivity contribution in [1.29, 1.82) is 0 Å². The number of halogens is 2. The number of nitrogens with zero attached hydrogens (tertiary/aromatic N) is 3. The summed E-state index contributed by atoms with van der Waals surface area (Å²) in [6, 6.07) is 17.8. The summed E-state index contributed by atoms with van der Waals surface area (Å²) in [5, 5.41) is 2.33. The number of benzene rings is 3.